The van der Waals surface area contributed by atoms with Crippen molar-refractivity contribution in [3.63, 3.8) is 0 Å². The normalized spacial score (nSPS) is 14.4. The fraction of sp³-hybridized carbons (Fsp3) is 0.154. The number of rotatable bonds is 4. The number of carboxylic acid groups (broad SMARTS) is 1. The first-order valence-electron chi connectivity index (χ1n) is 5.31. The Morgan fingerprint density at radius 1 is 1.35 bits per heavy atom. The number of dihydropyridines is 1. The Morgan fingerprint density at radius 3 is 2.71 bits per heavy atom. The number of ether oxygens (including phenoxy) is 1. The Labute approximate surface area is 99.2 Å². The number of carboxylic acids is 1. The van der Waals surface area contributed by atoms with Crippen LogP contribution < -0.4 is 5.32 Å². The molecule has 4 heteroatoms. The van der Waals surface area contributed by atoms with Crippen molar-refractivity contribution < 1.29 is 14.6 Å². The summed E-state index contributed by atoms with van der Waals surface area (Å²) in [5, 5.41) is 11.4. The van der Waals surface area contributed by atoms with E-state index < -0.39 is 5.97 Å². The van der Waals surface area contributed by atoms with Gasteiger partial charge in [-0.05, 0) is 11.6 Å². The SMILES string of the molecule is O=C(O)C1=CCC(OCc2ccccc2)=CN1. The van der Waals surface area contributed by atoms with E-state index in [0.29, 0.717) is 13.0 Å². The van der Waals surface area contributed by atoms with E-state index in [9.17, 15) is 4.79 Å². The average Bonchev–Trinajstić information content (AvgIpc) is 2.38. The van der Waals surface area contributed by atoms with Gasteiger partial charge in [-0.3, -0.25) is 0 Å². The first-order chi connectivity index (χ1) is 8.25. The van der Waals surface area contributed by atoms with Crippen molar-refractivity contribution in [2.24, 2.45) is 0 Å². The van der Waals surface area contributed by atoms with Gasteiger partial charge in [-0.1, -0.05) is 30.3 Å². The van der Waals surface area contributed by atoms with Crippen molar-refractivity contribution >= 4 is 5.97 Å². The topological polar surface area (TPSA) is 58.6 Å². The molecule has 0 radical (unpaired) electrons. The third-order valence-electron chi connectivity index (χ3n) is 2.39. The van der Waals surface area contributed by atoms with Gasteiger partial charge in [0, 0.05) is 12.6 Å². The molecule has 1 aromatic carbocycles. The zero-order chi connectivity index (χ0) is 12.1. The summed E-state index contributed by atoms with van der Waals surface area (Å²) in [6.45, 7) is 0.491. The minimum atomic E-state index is -0.955. The third-order valence-corrected chi connectivity index (χ3v) is 2.39. The lowest BCUT2D eigenvalue weighted by atomic mass is 10.2. The fourth-order valence-corrected chi connectivity index (χ4v) is 1.48. The van der Waals surface area contributed by atoms with Crippen LogP contribution in [-0.4, -0.2) is 11.1 Å². The van der Waals surface area contributed by atoms with E-state index in [1.165, 1.54) is 0 Å². The molecular weight excluding hydrogens is 218 g/mol. The molecule has 1 heterocycles. The Hall–Kier alpha value is -2.23. The summed E-state index contributed by atoms with van der Waals surface area (Å²) in [5.74, 6) is -0.220. The molecule has 0 saturated heterocycles. The number of aliphatic carboxylic acids is 1. The van der Waals surface area contributed by atoms with E-state index in [1.54, 1.807) is 12.3 Å². The maximum atomic E-state index is 10.6. The van der Waals surface area contributed by atoms with Gasteiger partial charge in [-0.25, -0.2) is 4.79 Å². The van der Waals surface area contributed by atoms with Crippen LogP contribution in [0.15, 0.2) is 54.1 Å². The second kappa shape index (κ2) is 5.21. The van der Waals surface area contributed by atoms with Crippen LogP contribution in [0, 0.1) is 0 Å². The number of carbonyl (C=O) groups is 1. The van der Waals surface area contributed by atoms with Gasteiger partial charge < -0.3 is 15.2 Å². The lowest BCUT2D eigenvalue weighted by Gasteiger charge is -2.14. The smallest absolute Gasteiger partial charge is 0.351 e. The standard InChI is InChI=1S/C13H13NO3/c15-13(16)12-7-6-11(8-14-12)17-9-10-4-2-1-3-5-10/h1-5,7-8,14H,6,9H2,(H,15,16). The molecule has 1 aromatic rings. The highest BCUT2D eigenvalue weighted by Gasteiger charge is 2.11. The molecule has 1 aliphatic heterocycles. The van der Waals surface area contributed by atoms with E-state index in [1.807, 2.05) is 30.3 Å². The van der Waals surface area contributed by atoms with Crippen molar-refractivity contribution in [2.75, 3.05) is 0 Å². The van der Waals surface area contributed by atoms with Gasteiger partial charge in [0.1, 0.15) is 18.1 Å². The monoisotopic (exact) mass is 231 g/mol. The molecule has 0 aromatic heterocycles. The number of hydrogen-bond acceptors (Lipinski definition) is 3. The predicted molar refractivity (Wildman–Crippen MR) is 62.8 cm³/mol. The van der Waals surface area contributed by atoms with Crippen molar-refractivity contribution in [3.05, 3.63) is 59.6 Å². The summed E-state index contributed by atoms with van der Waals surface area (Å²) in [5.41, 5.74) is 1.28. The molecule has 17 heavy (non-hydrogen) atoms. The van der Waals surface area contributed by atoms with Crippen molar-refractivity contribution in [3.8, 4) is 0 Å². The highest BCUT2D eigenvalue weighted by molar-refractivity contribution is 5.86. The zero-order valence-electron chi connectivity index (χ0n) is 9.22. The van der Waals surface area contributed by atoms with Gasteiger partial charge in [0.05, 0.1) is 0 Å². The number of benzene rings is 1. The molecule has 0 aliphatic carbocycles. The summed E-state index contributed by atoms with van der Waals surface area (Å²) in [4.78, 5) is 10.6. The Kier molecular flexibility index (Phi) is 3.45. The molecule has 0 amide bonds. The molecule has 0 spiro atoms. The molecule has 4 nitrogen and oxygen atoms in total. The minimum absolute atomic E-state index is 0.192. The van der Waals surface area contributed by atoms with Gasteiger partial charge in [0.25, 0.3) is 0 Å². The molecular formula is C13H13NO3. The molecule has 2 rings (SSSR count). The third kappa shape index (κ3) is 3.11. The molecule has 0 saturated carbocycles. The van der Waals surface area contributed by atoms with Crippen molar-refractivity contribution in [1.82, 2.24) is 5.32 Å². The maximum Gasteiger partial charge on any atom is 0.351 e. The minimum Gasteiger partial charge on any atom is -0.491 e. The first-order valence-corrected chi connectivity index (χ1v) is 5.31. The molecule has 2 N–H and O–H groups in total. The molecule has 0 fully saturated rings. The van der Waals surface area contributed by atoms with Crippen LogP contribution in [0.25, 0.3) is 0 Å². The summed E-state index contributed by atoms with van der Waals surface area (Å²) in [6, 6.07) is 9.82. The zero-order valence-corrected chi connectivity index (χ0v) is 9.22. The van der Waals surface area contributed by atoms with Crippen LogP contribution in [-0.2, 0) is 16.1 Å². The average molecular weight is 231 g/mol. The van der Waals surface area contributed by atoms with E-state index >= 15 is 0 Å². The van der Waals surface area contributed by atoms with Gasteiger partial charge in [0.15, 0.2) is 0 Å². The summed E-state index contributed by atoms with van der Waals surface area (Å²) in [7, 11) is 0. The van der Waals surface area contributed by atoms with Gasteiger partial charge in [0.2, 0.25) is 0 Å². The molecule has 1 aliphatic rings. The Balaban J connectivity index is 1.85. The predicted octanol–water partition coefficient (Wildman–Crippen LogP) is 2.01. The van der Waals surface area contributed by atoms with Crippen LogP contribution >= 0.6 is 0 Å². The Morgan fingerprint density at radius 2 is 2.12 bits per heavy atom. The fourth-order valence-electron chi connectivity index (χ4n) is 1.48. The van der Waals surface area contributed by atoms with Crippen LogP contribution in [0.4, 0.5) is 0 Å². The van der Waals surface area contributed by atoms with Crippen LogP contribution in [0.2, 0.25) is 0 Å². The summed E-state index contributed by atoms with van der Waals surface area (Å²) < 4.78 is 5.56. The second-order valence-corrected chi connectivity index (χ2v) is 3.66. The molecule has 0 unspecified atom stereocenters. The van der Waals surface area contributed by atoms with Crippen molar-refractivity contribution in [2.45, 2.75) is 13.0 Å². The first kappa shape index (κ1) is 11.3. The van der Waals surface area contributed by atoms with Crippen LogP contribution in [0.3, 0.4) is 0 Å². The molecule has 0 bridgehead atoms. The maximum absolute atomic E-state index is 10.6. The van der Waals surface area contributed by atoms with Crippen LogP contribution in [0.5, 0.6) is 0 Å². The molecule has 88 valence electrons. The highest BCUT2D eigenvalue weighted by Crippen LogP contribution is 2.13. The Bertz CT molecular complexity index is 463. The van der Waals surface area contributed by atoms with E-state index in [2.05, 4.69) is 5.32 Å². The van der Waals surface area contributed by atoms with E-state index in [4.69, 9.17) is 9.84 Å². The van der Waals surface area contributed by atoms with E-state index in [-0.39, 0.29) is 5.70 Å². The summed E-state index contributed by atoms with van der Waals surface area (Å²) in [6.07, 6.45) is 3.69. The van der Waals surface area contributed by atoms with Gasteiger partial charge in [-0.2, -0.15) is 0 Å². The number of hydrogen-bond donors (Lipinski definition) is 2. The second-order valence-electron chi connectivity index (χ2n) is 3.66. The highest BCUT2D eigenvalue weighted by atomic mass is 16.5. The van der Waals surface area contributed by atoms with Crippen molar-refractivity contribution in [1.29, 1.82) is 0 Å². The summed E-state index contributed by atoms with van der Waals surface area (Å²) >= 11 is 0. The van der Waals surface area contributed by atoms with Gasteiger partial charge >= 0.3 is 5.97 Å². The number of allylic oxidation sites excluding steroid dienone is 1. The largest absolute Gasteiger partial charge is 0.491 e. The van der Waals surface area contributed by atoms with Crippen LogP contribution in [0.1, 0.15) is 12.0 Å². The van der Waals surface area contributed by atoms with E-state index in [0.717, 1.165) is 11.3 Å². The lowest BCUT2D eigenvalue weighted by molar-refractivity contribution is -0.133. The quantitative estimate of drug-likeness (QED) is 0.832. The number of nitrogens with one attached hydrogen (secondary N) is 1. The van der Waals surface area contributed by atoms with Gasteiger partial charge in [-0.15, -0.1) is 0 Å². The molecule has 0 atom stereocenters. The lowest BCUT2D eigenvalue weighted by Crippen LogP contribution is -2.18.